The van der Waals surface area contributed by atoms with Crippen LogP contribution < -0.4 is 9.42 Å². The van der Waals surface area contributed by atoms with Crippen molar-refractivity contribution in [3.8, 4) is 5.75 Å². The third-order valence-electron chi connectivity index (χ3n) is 0.944. The molecule has 1 unspecified atom stereocenters. The topological polar surface area (TPSA) is 49.4 Å². The minimum Gasteiger partial charge on any atom is -0.771 e. The Kier molecular flexibility index (Phi) is 5.56. The summed E-state index contributed by atoms with van der Waals surface area (Å²) in [7, 11) is -3.09. The van der Waals surface area contributed by atoms with Gasteiger partial charge in [0.25, 0.3) is 0 Å². The van der Waals surface area contributed by atoms with Gasteiger partial charge in [-0.3, -0.25) is 4.57 Å². The van der Waals surface area contributed by atoms with Gasteiger partial charge >= 0.3 is 22.4 Å². The average molecular weight is 265 g/mol. The van der Waals surface area contributed by atoms with Crippen LogP contribution in [0.1, 0.15) is 0 Å². The van der Waals surface area contributed by atoms with Crippen molar-refractivity contribution >= 4 is 8.25 Å². The molecule has 0 aliphatic rings. The van der Waals surface area contributed by atoms with E-state index < -0.39 is 8.25 Å². The smallest absolute Gasteiger partial charge is 0.771 e. The van der Waals surface area contributed by atoms with Crippen LogP contribution in [-0.2, 0) is 26.9 Å². The summed E-state index contributed by atoms with van der Waals surface area (Å²) in [5, 5.41) is 0. The van der Waals surface area contributed by atoms with Crippen LogP contribution in [0.2, 0.25) is 0 Å². The monoisotopic (exact) mass is 264 g/mol. The van der Waals surface area contributed by atoms with Gasteiger partial charge in [-0.05, 0) is 12.1 Å². The van der Waals surface area contributed by atoms with Gasteiger partial charge in [-0.15, -0.1) is 0 Å². The quantitative estimate of drug-likeness (QED) is 0.587. The van der Waals surface area contributed by atoms with E-state index in [1.165, 1.54) is 0 Å². The predicted octanol–water partition coefficient (Wildman–Crippen LogP) is 0.813. The molecule has 0 saturated carbocycles. The molecule has 64 valence electrons. The van der Waals surface area contributed by atoms with Gasteiger partial charge in [0.15, 0.2) is 8.25 Å². The molecule has 0 aliphatic heterocycles. The molecule has 0 saturated heterocycles. The van der Waals surface area contributed by atoms with Crippen molar-refractivity contribution in [2.75, 3.05) is 0 Å². The Balaban J connectivity index is 0.000001000. The van der Waals surface area contributed by atoms with Gasteiger partial charge in [0, 0.05) is 0 Å². The summed E-state index contributed by atoms with van der Waals surface area (Å²) >= 11 is 0. The largest absolute Gasteiger partial charge is 1.00 e. The van der Waals surface area contributed by atoms with Crippen LogP contribution in [0.3, 0.4) is 0 Å². The molecule has 11 heavy (non-hydrogen) atoms. The zero-order chi connectivity index (χ0) is 7.40. The molecule has 0 heterocycles. The van der Waals surface area contributed by atoms with Crippen LogP contribution in [0.5, 0.6) is 5.75 Å². The van der Waals surface area contributed by atoms with Crippen LogP contribution in [0, 0.1) is 0 Å². The molecule has 0 aliphatic carbocycles. The Labute approximate surface area is 80.9 Å². The summed E-state index contributed by atoms with van der Waals surface area (Å²) in [4.78, 5) is 10.0. The van der Waals surface area contributed by atoms with Gasteiger partial charge in [0.05, 0.1) is 0 Å². The van der Waals surface area contributed by atoms with Gasteiger partial charge in [-0.1, -0.05) is 18.2 Å². The fourth-order valence-corrected chi connectivity index (χ4v) is 0.913. The van der Waals surface area contributed by atoms with Crippen molar-refractivity contribution in [3.63, 3.8) is 0 Å². The number of benzene rings is 1. The van der Waals surface area contributed by atoms with E-state index in [0.29, 0.717) is 5.75 Å². The first-order valence-corrected chi connectivity index (χ1v) is 3.95. The van der Waals surface area contributed by atoms with E-state index >= 15 is 0 Å². The zero-order valence-corrected chi connectivity index (χ0v) is 7.90. The second-order valence-corrected chi connectivity index (χ2v) is 2.37. The third kappa shape index (κ3) is 4.40. The molecule has 0 amide bonds. The molecule has 1 atom stereocenters. The molecule has 1 aromatic rings. The van der Waals surface area contributed by atoms with Crippen molar-refractivity contribution in [1.82, 2.24) is 0 Å². The Morgan fingerprint density at radius 2 is 1.82 bits per heavy atom. The Morgan fingerprint density at radius 1 is 1.27 bits per heavy atom. The van der Waals surface area contributed by atoms with E-state index in [9.17, 15) is 9.46 Å². The SMILES string of the molecule is O=[PH]([O-])Oc1ccccc1.[Ag+]. The third-order valence-corrected chi connectivity index (χ3v) is 1.35. The van der Waals surface area contributed by atoms with Crippen molar-refractivity contribution in [2.24, 2.45) is 0 Å². The molecular formula is C6H6AgO3P. The second kappa shape index (κ2) is 5.58. The zero-order valence-electron chi connectivity index (χ0n) is 5.41. The summed E-state index contributed by atoms with van der Waals surface area (Å²) in [5.74, 6) is 0.362. The Bertz CT molecular complexity index is 227. The number of para-hydroxylation sites is 1. The normalized spacial score (nSPS) is 11.4. The van der Waals surface area contributed by atoms with Gasteiger partial charge in [-0.2, -0.15) is 0 Å². The fraction of sp³-hybridized carbons (Fsp3) is 0. The molecule has 1 aromatic carbocycles. The minimum absolute atomic E-state index is 0. The maximum absolute atomic E-state index is 10.0. The number of rotatable bonds is 2. The molecule has 3 nitrogen and oxygen atoms in total. The summed E-state index contributed by atoms with van der Waals surface area (Å²) in [6.45, 7) is 0. The van der Waals surface area contributed by atoms with Gasteiger partial charge in [-0.25, -0.2) is 0 Å². The van der Waals surface area contributed by atoms with Crippen molar-refractivity contribution in [1.29, 1.82) is 0 Å². The van der Waals surface area contributed by atoms with E-state index in [-0.39, 0.29) is 22.4 Å². The summed E-state index contributed by atoms with van der Waals surface area (Å²) in [6.07, 6.45) is 0. The first-order valence-electron chi connectivity index (χ1n) is 2.73. The molecule has 0 radical (unpaired) electrons. The predicted molar refractivity (Wildman–Crippen MR) is 36.1 cm³/mol. The maximum Gasteiger partial charge on any atom is 1.00 e. The molecule has 1 rings (SSSR count). The van der Waals surface area contributed by atoms with Crippen LogP contribution in [0.4, 0.5) is 0 Å². The summed E-state index contributed by atoms with van der Waals surface area (Å²) in [5.41, 5.74) is 0. The summed E-state index contributed by atoms with van der Waals surface area (Å²) in [6, 6.07) is 8.37. The second-order valence-electron chi connectivity index (χ2n) is 1.67. The van der Waals surface area contributed by atoms with Gasteiger partial charge in [0.1, 0.15) is 5.75 Å². The number of hydrogen-bond donors (Lipinski definition) is 0. The molecule has 0 bridgehead atoms. The first-order chi connectivity index (χ1) is 4.79. The van der Waals surface area contributed by atoms with E-state index in [0.717, 1.165) is 0 Å². The maximum atomic E-state index is 10.0. The Hall–Kier alpha value is -0.0497. The molecule has 0 aromatic heterocycles. The molecule has 0 spiro atoms. The Morgan fingerprint density at radius 3 is 2.27 bits per heavy atom. The molecule has 0 N–H and O–H groups in total. The van der Waals surface area contributed by atoms with Crippen LogP contribution >= 0.6 is 8.25 Å². The molecular weight excluding hydrogens is 259 g/mol. The van der Waals surface area contributed by atoms with E-state index in [1.807, 2.05) is 0 Å². The van der Waals surface area contributed by atoms with Crippen molar-refractivity contribution < 1.29 is 36.4 Å². The van der Waals surface area contributed by atoms with Crippen LogP contribution in [-0.4, -0.2) is 0 Å². The van der Waals surface area contributed by atoms with Crippen molar-refractivity contribution in [3.05, 3.63) is 30.3 Å². The average Bonchev–Trinajstić information content (AvgIpc) is 1.88. The standard InChI is InChI=1S/C6H7O3P.Ag/c7-10(8)9-6-4-2-1-3-5-6;/h1-5,10H,(H,7,8);/q;+1/p-1. The molecule has 5 heteroatoms. The molecule has 0 fully saturated rings. The van der Waals surface area contributed by atoms with Crippen LogP contribution in [0.15, 0.2) is 30.3 Å². The van der Waals surface area contributed by atoms with Crippen molar-refractivity contribution in [2.45, 2.75) is 0 Å². The van der Waals surface area contributed by atoms with Gasteiger partial charge in [0.2, 0.25) is 0 Å². The van der Waals surface area contributed by atoms with Gasteiger partial charge < -0.3 is 9.42 Å². The van der Waals surface area contributed by atoms with E-state index in [1.54, 1.807) is 30.3 Å². The summed E-state index contributed by atoms with van der Waals surface area (Å²) < 4.78 is 14.4. The number of hydrogen-bond acceptors (Lipinski definition) is 3. The fourth-order valence-electron chi connectivity index (χ4n) is 0.585. The van der Waals surface area contributed by atoms with Crippen LogP contribution in [0.25, 0.3) is 0 Å². The van der Waals surface area contributed by atoms with E-state index in [2.05, 4.69) is 4.52 Å². The minimum atomic E-state index is -3.09. The first kappa shape index (κ1) is 11.0. The van der Waals surface area contributed by atoms with E-state index in [4.69, 9.17) is 0 Å².